The maximum absolute atomic E-state index is 12.8. The third-order valence-corrected chi connectivity index (χ3v) is 5.23. The number of aryl methyl sites for hydroxylation is 1. The van der Waals surface area contributed by atoms with Crippen LogP contribution in [-0.4, -0.2) is 18.0 Å². The number of furan rings is 1. The Labute approximate surface area is 180 Å². The molecule has 2 aromatic carbocycles. The van der Waals surface area contributed by atoms with Gasteiger partial charge in [-0.15, -0.1) is 0 Å². The summed E-state index contributed by atoms with van der Waals surface area (Å²) in [4.78, 5) is 16.8. The van der Waals surface area contributed by atoms with Crippen molar-refractivity contribution in [2.45, 2.75) is 26.5 Å². The summed E-state index contributed by atoms with van der Waals surface area (Å²) in [6.45, 7) is 4.22. The van der Waals surface area contributed by atoms with E-state index < -0.39 is 0 Å². The van der Waals surface area contributed by atoms with Gasteiger partial charge in [-0.1, -0.05) is 24.3 Å². The lowest BCUT2D eigenvalue weighted by atomic mass is 10.1. The molecule has 0 aliphatic heterocycles. The van der Waals surface area contributed by atoms with Crippen molar-refractivity contribution in [3.8, 4) is 11.5 Å². The molecule has 4 aromatic rings. The molecule has 1 amide bonds. The van der Waals surface area contributed by atoms with E-state index in [0.717, 1.165) is 22.1 Å². The minimum atomic E-state index is -0.252. The molecule has 0 aliphatic carbocycles. The zero-order valence-corrected chi connectivity index (χ0v) is 17.7. The van der Waals surface area contributed by atoms with Gasteiger partial charge in [-0.05, 0) is 55.3 Å². The van der Waals surface area contributed by atoms with Gasteiger partial charge in [0.15, 0.2) is 17.3 Å². The molecule has 0 bridgehead atoms. The van der Waals surface area contributed by atoms with Crippen LogP contribution in [0.1, 0.15) is 40.2 Å². The molecule has 0 fully saturated rings. The predicted molar refractivity (Wildman–Crippen MR) is 118 cm³/mol. The van der Waals surface area contributed by atoms with E-state index in [-0.39, 0.29) is 11.9 Å². The first-order valence-electron chi connectivity index (χ1n) is 10.1. The Kier molecular flexibility index (Phi) is 5.89. The SMILES string of the molecule is COc1cc(C(C)NC(=O)c2oc3ccccc3c2C)ccc1OCc1ccncc1. The highest BCUT2D eigenvalue weighted by molar-refractivity contribution is 5.99. The minimum Gasteiger partial charge on any atom is -0.493 e. The highest BCUT2D eigenvalue weighted by Crippen LogP contribution is 2.31. The normalized spacial score (nSPS) is 11.8. The smallest absolute Gasteiger partial charge is 0.287 e. The third kappa shape index (κ3) is 4.38. The average Bonchev–Trinajstić information content (AvgIpc) is 3.15. The van der Waals surface area contributed by atoms with Gasteiger partial charge in [0.2, 0.25) is 0 Å². The van der Waals surface area contributed by atoms with Crippen molar-refractivity contribution < 1.29 is 18.7 Å². The van der Waals surface area contributed by atoms with Crippen molar-refractivity contribution in [1.82, 2.24) is 10.3 Å². The van der Waals surface area contributed by atoms with Gasteiger partial charge in [0.25, 0.3) is 5.91 Å². The van der Waals surface area contributed by atoms with Crippen LogP contribution in [0.2, 0.25) is 0 Å². The van der Waals surface area contributed by atoms with E-state index in [0.29, 0.717) is 29.4 Å². The largest absolute Gasteiger partial charge is 0.493 e. The lowest BCUT2D eigenvalue weighted by molar-refractivity contribution is 0.0913. The molecule has 0 saturated heterocycles. The van der Waals surface area contributed by atoms with Crippen LogP contribution < -0.4 is 14.8 Å². The topological polar surface area (TPSA) is 73.6 Å². The summed E-state index contributed by atoms with van der Waals surface area (Å²) < 4.78 is 17.2. The Morgan fingerprint density at radius 3 is 2.61 bits per heavy atom. The average molecular weight is 416 g/mol. The standard InChI is InChI=1S/C25H24N2O4/c1-16-20-6-4-5-7-21(20)31-24(16)25(28)27-17(2)19-8-9-22(23(14-19)29-3)30-15-18-10-12-26-13-11-18/h4-14,17H,15H2,1-3H3,(H,27,28). The number of carbonyl (C=O) groups is 1. The summed E-state index contributed by atoms with van der Waals surface area (Å²) in [5, 5.41) is 3.95. The van der Waals surface area contributed by atoms with Crippen LogP contribution in [0.4, 0.5) is 0 Å². The Morgan fingerprint density at radius 2 is 1.87 bits per heavy atom. The number of hydrogen-bond donors (Lipinski definition) is 1. The molecule has 1 N–H and O–H groups in total. The second-order valence-corrected chi connectivity index (χ2v) is 7.30. The number of para-hydroxylation sites is 1. The van der Waals surface area contributed by atoms with Crippen molar-refractivity contribution >= 4 is 16.9 Å². The van der Waals surface area contributed by atoms with Crippen LogP contribution in [0.25, 0.3) is 11.0 Å². The fourth-order valence-electron chi connectivity index (χ4n) is 3.45. The number of carbonyl (C=O) groups excluding carboxylic acids is 1. The zero-order chi connectivity index (χ0) is 21.8. The van der Waals surface area contributed by atoms with E-state index >= 15 is 0 Å². The van der Waals surface area contributed by atoms with Gasteiger partial charge in [0, 0.05) is 23.3 Å². The van der Waals surface area contributed by atoms with Gasteiger partial charge in [0.1, 0.15) is 12.2 Å². The molecule has 4 rings (SSSR count). The van der Waals surface area contributed by atoms with Crippen LogP contribution in [0.5, 0.6) is 11.5 Å². The Bertz CT molecular complexity index is 1200. The number of ether oxygens (including phenoxy) is 2. The molecule has 1 unspecified atom stereocenters. The van der Waals surface area contributed by atoms with E-state index in [2.05, 4.69) is 10.3 Å². The number of fused-ring (bicyclic) bond motifs is 1. The first-order chi connectivity index (χ1) is 15.1. The van der Waals surface area contributed by atoms with E-state index in [1.807, 2.05) is 68.4 Å². The first kappa shape index (κ1) is 20.5. The number of methoxy groups -OCH3 is 1. The number of nitrogens with one attached hydrogen (secondary N) is 1. The Morgan fingerprint density at radius 1 is 1.10 bits per heavy atom. The second kappa shape index (κ2) is 8.92. The molecule has 2 aromatic heterocycles. The van der Waals surface area contributed by atoms with E-state index in [1.54, 1.807) is 19.5 Å². The number of amides is 1. The van der Waals surface area contributed by atoms with Gasteiger partial charge < -0.3 is 19.2 Å². The van der Waals surface area contributed by atoms with Gasteiger partial charge in [-0.3, -0.25) is 9.78 Å². The number of pyridine rings is 1. The van der Waals surface area contributed by atoms with E-state index in [9.17, 15) is 4.79 Å². The summed E-state index contributed by atoms with van der Waals surface area (Å²) in [5.41, 5.74) is 3.45. The fourth-order valence-corrected chi connectivity index (χ4v) is 3.45. The molecular weight excluding hydrogens is 392 g/mol. The molecule has 31 heavy (non-hydrogen) atoms. The monoisotopic (exact) mass is 416 g/mol. The van der Waals surface area contributed by atoms with Crippen LogP contribution >= 0.6 is 0 Å². The zero-order valence-electron chi connectivity index (χ0n) is 17.7. The van der Waals surface area contributed by atoms with E-state index in [4.69, 9.17) is 13.9 Å². The highest BCUT2D eigenvalue weighted by atomic mass is 16.5. The van der Waals surface area contributed by atoms with Crippen LogP contribution in [0, 0.1) is 6.92 Å². The number of rotatable bonds is 7. The van der Waals surface area contributed by atoms with Crippen molar-refractivity contribution in [1.29, 1.82) is 0 Å². The Hall–Kier alpha value is -3.80. The highest BCUT2D eigenvalue weighted by Gasteiger charge is 2.20. The molecule has 0 radical (unpaired) electrons. The lowest BCUT2D eigenvalue weighted by Crippen LogP contribution is -2.26. The molecule has 6 heteroatoms. The fraction of sp³-hybridized carbons (Fsp3) is 0.200. The third-order valence-electron chi connectivity index (χ3n) is 5.23. The summed E-state index contributed by atoms with van der Waals surface area (Å²) >= 11 is 0. The van der Waals surface area contributed by atoms with Gasteiger partial charge in [-0.25, -0.2) is 0 Å². The molecular formula is C25H24N2O4. The van der Waals surface area contributed by atoms with Gasteiger partial charge in [0.05, 0.1) is 13.2 Å². The quantitative estimate of drug-likeness (QED) is 0.447. The summed E-state index contributed by atoms with van der Waals surface area (Å²) in [7, 11) is 1.60. The second-order valence-electron chi connectivity index (χ2n) is 7.30. The minimum absolute atomic E-state index is 0.247. The maximum Gasteiger partial charge on any atom is 0.287 e. The van der Waals surface area contributed by atoms with Crippen LogP contribution in [0.15, 0.2) is 71.4 Å². The van der Waals surface area contributed by atoms with Gasteiger partial charge in [-0.2, -0.15) is 0 Å². The van der Waals surface area contributed by atoms with Crippen molar-refractivity contribution in [3.05, 3.63) is 89.4 Å². The van der Waals surface area contributed by atoms with Crippen molar-refractivity contribution in [2.75, 3.05) is 7.11 Å². The van der Waals surface area contributed by atoms with Crippen LogP contribution in [-0.2, 0) is 6.61 Å². The molecule has 158 valence electrons. The molecule has 2 heterocycles. The lowest BCUT2D eigenvalue weighted by Gasteiger charge is -2.17. The predicted octanol–water partition coefficient (Wildman–Crippen LogP) is 5.21. The number of hydrogen-bond acceptors (Lipinski definition) is 5. The maximum atomic E-state index is 12.8. The molecule has 0 saturated carbocycles. The summed E-state index contributed by atoms with van der Waals surface area (Å²) in [6, 6.07) is 16.8. The first-order valence-corrected chi connectivity index (χ1v) is 10.1. The Balaban J connectivity index is 1.48. The molecule has 0 aliphatic rings. The summed E-state index contributed by atoms with van der Waals surface area (Å²) in [6.07, 6.45) is 3.46. The van der Waals surface area contributed by atoms with Crippen molar-refractivity contribution in [3.63, 3.8) is 0 Å². The molecule has 1 atom stereocenters. The molecule has 0 spiro atoms. The number of aromatic nitrogens is 1. The van der Waals surface area contributed by atoms with Crippen molar-refractivity contribution in [2.24, 2.45) is 0 Å². The van der Waals surface area contributed by atoms with Crippen LogP contribution in [0.3, 0.4) is 0 Å². The summed E-state index contributed by atoms with van der Waals surface area (Å²) in [5.74, 6) is 1.32. The number of nitrogens with zero attached hydrogens (tertiary/aromatic N) is 1. The molecule has 6 nitrogen and oxygen atoms in total. The number of benzene rings is 2. The van der Waals surface area contributed by atoms with E-state index in [1.165, 1.54) is 0 Å². The van der Waals surface area contributed by atoms with Gasteiger partial charge >= 0.3 is 0 Å².